The van der Waals surface area contributed by atoms with Gasteiger partial charge in [-0.2, -0.15) is 0 Å². The molecule has 1 saturated heterocycles. The fraction of sp³-hybridized carbons (Fsp3) is 0.318. The summed E-state index contributed by atoms with van der Waals surface area (Å²) in [5, 5.41) is 8.63. The van der Waals surface area contributed by atoms with E-state index in [1.165, 1.54) is 5.56 Å². The molecule has 1 aliphatic rings. The van der Waals surface area contributed by atoms with E-state index in [1.807, 2.05) is 22.8 Å². The van der Waals surface area contributed by atoms with Gasteiger partial charge in [-0.1, -0.05) is 41.2 Å². The molecule has 0 spiro atoms. The molecule has 1 fully saturated rings. The summed E-state index contributed by atoms with van der Waals surface area (Å²) in [6, 6.07) is 12.0. The lowest BCUT2D eigenvalue weighted by Crippen LogP contribution is -2.43. The van der Waals surface area contributed by atoms with Gasteiger partial charge in [0.05, 0.1) is 30.6 Å². The molecule has 0 aliphatic carbocycles. The van der Waals surface area contributed by atoms with Gasteiger partial charge in [0.1, 0.15) is 5.76 Å². The van der Waals surface area contributed by atoms with Crippen LogP contribution in [0.4, 0.5) is 5.13 Å². The zero-order valence-corrected chi connectivity index (χ0v) is 17.6. The van der Waals surface area contributed by atoms with Crippen LogP contribution >= 0.6 is 11.3 Å². The Bertz CT molecular complexity index is 1110. The Balaban J connectivity index is 1.27. The number of carbonyl (C=O) groups excluding carboxylic acids is 1. The van der Waals surface area contributed by atoms with E-state index in [2.05, 4.69) is 41.4 Å². The molecule has 1 atom stereocenters. The summed E-state index contributed by atoms with van der Waals surface area (Å²) in [6.45, 7) is 4.08. The number of benzene rings is 1. The minimum absolute atomic E-state index is 0.0481. The Morgan fingerprint density at radius 1 is 1.30 bits per heavy atom. The molecule has 154 valence electrons. The minimum Gasteiger partial charge on any atom is -0.467 e. The summed E-state index contributed by atoms with van der Waals surface area (Å²) in [4.78, 5) is 20.4. The van der Waals surface area contributed by atoms with E-state index in [4.69, 9.17) is 14.5 Å². The molecule has 4 aromatic rings. The summed E-state index contributed by atoms with van der Waals surface area (Å²) in [7, 11) is 0. The van der Waals surface area contributed by atoms with Crippen molar-refractivity contribution in [1.29, 1.82) is 0 Å². The molecule has 5 rings (SSSR count). The average molecular weight is 422 g/mol. The van der Waals surface area contributed by atoms with Gasteiger partial charge in [0.2, 0.25) is 16.0 Å². The van der Waals surface area contributed by atoms with Gasteiger partial charge in [-0.05, 0) is 31.9 Å². The monoisotopic (exact) mass is 421 g/mol. The van der Waals surface area contributed by atoms with Gasteiger partial charge in [-0.15, -0.1) is 5.10 Å². The number of nitrogens with zero attached hydrogens (tertiary/aromatic N) is 4. The number of fused-ring (bicyclic) bond motifs is 1. The van der Waals surface area contributed by atoms with Crippen molar-refractivity contribution in [3.05, 3.63) is 60.2 Å². The molecule has 7 nitrogen and oxygen atoms in total. The number of piperidine rings is 1. The third-order valence-electron chi connectivity index (χ3n) is 5.46. The van der Waals surface area contributed by atoms with Gasteiger partial charge >= 0.3 is 0 Å². The van der Waals surface area contributed by atoms with Crippen LogP contribution in [0.25, 0.3) is 16.2 Å². The van der Waals surface area contributed by atoms with Crippen molar-refractivity contribution in [2.75, 3.05) is 18.0 Å². The maximum absolute atomic E-state index is 12.6. The Labute approximate surface area is 178 Å². The predicted octanol–water partition coefficient (Wildman–Crippen LogP) is 3.89. The molecular weight excluding hydrogens is 398 g/mol. The van der Waals surface area contributed by atoms with E-state index in [0.29, 0.717) is 13.1 Å². The second-order valence-electron chi connectivity index (χ2n) is 7.69. The van der Waals surface area contributed by atoms with Crippen LogP contribution in [0.15, 0.2) is 53.3 Å². The molecule has 1 amide bonds. The van der Waals surface area contributed by atoms with Crippen LogP contribution in [0.5, 0.6) is 0 Å². The van der Waals surface area contributed by atoms with Crippen LogP contribution in [0.2, 0.25) is 0 Å². The molecular formula is C22H23N5O2S. The zero-order valence-electron chi connectivity index (χ0n) is 16.7. The topological polar surface area (TPSA) is 75.7 Å². The van der Waals surface area contributed by atoms with Crippen LogP contribution < -0.4 is 10.2 Å². The van der Waals surface area contributed by atoms with Crippen molar-refractivity contribution in [3.63, 3.8) is 0 Å². The Morgan fingerprint density at radius 2 is 2.17 bits per heavy atom. The normalized spacial score (nSPS) is 16.8. The maximum atomic E-state index is 12.6. The lowest BCUT2D eigenvalue weighted by molar-refractivity contribution is -0.125. The van der Waals surface area contributed by atoms with Gasteiger partial charge in [0.15, 0.2) is 0 Å². The number of aryl methyl sites for hydroxylation is 1. The van der Waals surface area contributed by atoms with E-state index in [-0.39, 0.29) is 11.8 Å². The fourth-order valence-electron chi connectivity index (χ4n) is 3.78. The number of imidazole rings is 1. The maximum Gasteiger partial charge on any atom is 0.225 e. The second kappa shape index (κ2) is 7.95. The number of nitrogens with one attached hydrogen (secondary N) is 1. The quantitative estimate of drug-likeness (QED) is 0.529. The highest BCUT2D eigenvalue weighted by Crippen LogP contribution is 2.30. The van der Waals surface area contributed by atoms with Crippen LogP contribution in [0.1, 0.15) is 24.2 Å². The molecule has 1 aromatic carbocycles. The van der Waals surface area contributed by atoms with E-state index < -0.39 is 0 Å². The number of rotatable bonds is 5. The lowest BCUT2D eigenvalue weighted by Gasteiger charge is -2.31. The first-order valence-corrected chi connectivity index (χ1v) is 11.0. The number of carbonyl (C=O) groups is 1. The van der Waals surface area contributed by atoms with Crippen LogP contribution in [-0.2, 0) is 11.3 Å². The zero-order chi connectivity index (χ0) is 20.5. The first-order chi connectivity index (χ1) is 14.7. The first-order valence-electron chi connectivity index (χ1n) is 10.1. The fourth-order valence-corrected chi connectivity index (χ4v) is 4.70. The number of hydrogen-bond acceptors (Lipinski definition) is 6. The van der Waals surface area contributed by atoms with Gasteiger partial charge < -0.3 is 14.6 Å². The number of hydrogen-bond donors (Lipinski definition) is 1. The molecule has 4 heterocycles. The van der Waals surface area contributed by atoms with Gasteiger partial charge in [-0.25, -0.2) is 9.50 Å². The van der Waals surface area contributed by atoms with Crippen molar-refractivity contribution >= 4 is 27.3 Å². The summed E-state index contributed by atoms with van der Waals surface area (Å²) < 4.78 is 7.13. The Hall–Kier alpha value is -3.13. The van der Waals surface area contributed by atoms with Crippen molar-refractivity contribution in [3.8, 4) is 11.3 Å². The van der Waals surface area contributed by atoms with Gasteiger partial charge in [-0.3, -0.25) is 4.79 Å². The minimum atomic E-state index is -0.0481. The molecule has 0 saturated carbocycles. The molecule has 3 aromatic heterocycles. The largest absolute Gasteiger partial charge is 0.467 e. The number of amides is 1. The summed E-state index contributed by atoms with van der Waals surface area (Å²) in [5.41, 5.74) is 3.24. The SMILES string of the molecule is Cc1ccc(-c2cn3nc(N4CCC[C@H](C(=O)NCc5ccco5)C4)sc3n2)cc1. The molecule has 8 heteroatoms. The molecule has 0 unspecified atom stereocenters. The van der Waals surface area contributed by atoms with Crippen molar-refractivity contribution in [1.82, 2.24) is 19.9 Å². The van der Waals surface area contributed by atoms with Crippen LogP contribution in [0, 0.1) is 12.8 Å². The molecule has 30 heavy (non-hydrogen) atoms. The van der Waals surface area contributed by atoms with Crippen molar-refractivity contribution in [2.45, 2.75) is 26.3 Å². The molecule has 0 radical (unpaired) electrons. The van der Waals surface area contributed by atoms with E-state index in [0.717, 1.165) is 46.5 Å². The van der Waals surface area contributed by atoms with E-state index in [1.54, 1.807) is 17.6 Å². The van der Waals surface area contributed by atoms with Gasteiger partial charge in [0.25, 0.3) is 0 Å². The number of furan rings is 1. The highest BCUT2D eigenvalue weighted by Gasteiger charge is 2.28. The predicted molar refractivity (Wildman–Crippen MR) is 117 cm³/mol. The Kier molecular flexibility index (Phi) is 5.00. The average Bonchev–Trinajstić information content (AvgIpc) is 3.49. The van der Waals surface area contributed by atoms with Crippen molar-refractivity contribution in [2.24, 2.45) is 5.92 Å². The summed E-state index contributed by atoms with van der Waals surface area (Å²) in [6.07, 6.45) is 5.44. The highest BCUT2D eigenvalue weighted by atomic mass is 32.1. The van der Waals surface area contributed by atoms with Crippen LogP contribution in [-0.4, -0.2) is 33.6 Å². The number of anilines is 1. The highest BCUT2D eigenvalue weighted by molar-refractivity contribution is 7.20. The van der Waals surface area contributed by atoms with E-state index in [9.17, 15) is 4.79 Å². The standard InChI is InChI=1S/C22H23N5O2S/c1-15-6-8-16(9-7-15)19-14-27-21(24-19)30-22(25-27)26-10-2-4-17(13-26)20(28)23-12-18-5-3-11-29-18/h3,5-9,11,14,17H,2,4,10,12-13H2,1H3,(H,23,28)/t17-/m0/s1. The third kappa shape index (κ3) is 3.82. The van der Waals surface area contributed by atoms with Crippen LogP contribution in [0.3, 0.4) is 0 Å². The first kappa shape index (κ1) is 18.9. The smallest absolute Gasteiger partial charge is 0.225 e. The Morgan fingerprint density at radius 3 is 2.93 bits per heavy atom. The van der Waals surface area contributed by atoms with Gasteiger partial charge in [0, 0.05) is 18.7 Å². The second-order valence-corrected chi connectivity index (χ2v) is 8.62. The summed E-state index contributed by atoms with van der Waals surface area (Å²) in [5.74, 6) is 0.786. The summed E-state index contributed by atoms with van der Waals surface area (Å²) >= 11 is 1.57. The lowest BCUT2D eigenvalue weighted by atomic mass is 9.97. The molecule has 0 bridgehead atoms. The van der Waals surface area contributed by atoms with Crippen molar-refractivity contribution < 1.29 is 9.21 Å². The molecule has 1 aliphatic heterocycles. The third-order valence-corrected chi connectivity index (χ3v) is 6.44. The molecule has 1 N–H and O–H groups in total. The van der Waals surface area contributed by atoms with E-state index >= 15 is 0 Å². The number of aromatic nitrogens is 3.